The first-order chi connectivity index (χ1) is 8.27. The van der Waals surface area contributed by atoms with Gasteiger partial charge in [-0.25, -0.2) is 4.79 Å². The summed E-state index contributed by atoms with van der Waals surface area (Å²) >= 11 is 0. The molecule has 1 saturated heterocycles. The predicted octanol–water partition coefficient (Wildman–Crippen LogP) is 0.760. The summed E-state index contributed by atoms with van der Waals surface area (Å²) in [6.07, 6.45) is 1.01. The smallest absolute Gasteiger partial charge is 0.409 e. The zero-order valence-electron chi connectivity index (χ0n) is 11.1. The lowest BCUT2D eigenvalue weighted by atomic mass is 10.3. The fourth-order valence-electron chi connectivity index (χ4n) is 1.91. The highest BCUT2D eigenvalue weighted by molar-refractivity contribution is 5.67. The van der Waals surface area contributed by atoms with E-state index < -0.39 is 0 Å². The molecule has 100 valence electrons. The Hall–Kier alpha value is -0.810. The first-order valence-electron chi connectivity index (χ1n) is 6.62. The minimum Gasteiger partial charge on any atom is -0.450 e. The number of carbonyl (C=O) groups excluding carboxylic acids is 1. The van der Waals surface area contributed by atoms with Crippen molar-refractivity contribution >= 4 is 6.09 Å². The number of rotatable bonds is 6. The van der Waals surface area contributed by atoms with Crippen molar-refractivity contribution in [3.05, 3.63) is 0 Å². The van der Waals surface area contributed by atoms with E-state index in [1.807, 2.05) is 6.92 Å². The van der Waals surface area contributed by atoms with E-state index in [4.69, 9.17) is 4.74 Å². The van der Waals surface area contributed by atoms with E-state index in [1.54, 1.807) is 4.90 Å². The summed E-state index contributed by atoms with van der Waals surface area (Å²) in [7, 11) is 0. The van der Waals surface area contributed by atoms with Gasteiger partial charge in [0.2, 0.25) is 0 Å². The number of nitrogens with one attached hydrogen (secondary N) is 1. The summed E-state index contributed by atoms with van der Waals surface area (Å²) in [4.78, 5) is 15.7. The minimum absolute atomic E-state index is 0.170. The van der Waals surface area contributed by atoms with Crippen LogP contribution in [-0.4, -0.2) is 68.3 Å². The zero-order chi connectivity index (χ0) is 12.5. The number of nitrogens with zero attached hydrogens (tertiary/aromatic N) is 2. The van der Waals surface area contributed by atoms with Gasteiger partial charge < -0.3 is 15.0 Å². The molecule has 1 fully saturated rings. The van der Waals surface area contributed by atoms with E-state index in [1.165, 1.54) is 6.42 Å². The van der Waals surface area contributed by atoms with Crippen LogP contribution in [0, 0.1) is 0 Å². The zero-order valence-corrected chi connectivity index (χ0v) is 11.1. The summed E-state index contributed by atoms with van der Waals surface area (Å²) in [5, 5.41) is 3.39. The molecule has 1 heterocycles. The summed E-state index contributed by atoms with van der Waals surface area (Å²) in [6.45, 7) is 11.1. The molecule has 5 heteroatoms. The average molecular weight is 243 g/mol. The standard InChI is InChI=1S/C12H25N3O2/c1-3-5-13-6-7-14-8-10-15(11-9-14)12(16)17-4-2/h13H,3-11H2,1-2H3. The molecule has 0 aliphatic carbocycles. The molecule has 1 aliphatic rings. The number of hydrogen-bond acceptors (Lipinski definition) is 4. The lowest BCUT2D eigenvalue weighted by molar-refractivity contribution is 0.0799. The highest BCUT2D eigenvalue weighted by atomic mass is 16.6. The summed E-state index contributed by atoms with van der Waals surface area (Å²) in [5.41, 5.74) is 0. The molecule has 0 saturated carbocycles. The van der Waals surface area contributed by atoms with Crippen LogP contribution in [0.25, 0.3) is 0 Å². The molecular formula is C12H25N3O2. The molecule has 0 aromatic carbocycles. The van der Waals surface area contributed by atoms with E-state index in [0.29, 0.717) is 6.61 Å². The molecule has 0 atom stereocenters. The number of carbonyl (C=O) groups is 1. The Kier molecular flexibility index (Phi) is 6.96. The molecule has 0 bridgehead atoms. The predicted molar refractivity (Wildman–Crippen MR) is 68.2 cm³/mol. The summed E-state index contributed by atoms with van der Waals surface area (Å²) in [5.74, 6) is 0. The van der Waals surface area contributed by atoms with Crippen LogP contribution in [-0.2, 0) is 4.74 Å². The van der Waals surface area contributed by atoms with Crippen LogP contribution >= 0.6 is 0 Å². The third kappa shape index (κ3) is 5.37. The van der Waals surface area contributed by atoms with Gasteiger partial charge in [0.1, 0.15) is 0 Å². The molecular weight excluding hydrogens is 218 g/mol. The second-order valence-electron chi connectivity index (χ2n) is 4.28. The molecule has 0 aromatic heterocycles. The second-order valence-corrected chi connectivity index (χ2v) is 4.28. The van der Waals surface area contributed by atoms with Crippen LogP contribution in [0.15, 0.2) is 0 Å². The lowest BCUT2D eigenvalue weighted by Crippen LogP contribution is -2.50. The van der Waals surface area contributed by atoms with Gasteiger partial charge in [0.05, 0.1) is 6.61 Å². The molecule has 1 N–H and O–H groups in total. The maximum atomic E-state index is 11.5. The van der Waals surface area contributed by atoms with Gasteiger partial charge in [0.25, 0.3) is 0 Å². The Labute approximate surface area is 104 Å². The van der Waals surface area contributed by atoms with Crippen molar-refractivity contribution in [3.63, 3.8) is 0 Å². The fraction of sp³-hybridized carbons (Fsp3) is 0.917. The highest BCUT2D eigenvalue weighted by Gasteiger charge is 2.21. The van der Waals surface area contributed by atoms with Gasteiger partial charge in [-0.15, -0.1) is 0 Å². The van der Waals surface area contributed by atoms with Gasteiger partial charge in [-0.3, -0.25) is 4.90 Å². The van der Waals surface area contributed by atoms with E-state index in [-0.39, 0.29) is 6.09 Å². The summed E-state index contributed by atoms with van der Waals surface area (Å²) < 4.78 is 4.99. The SMILES string of the molecule is CCCNCCN1CCN(C(=O)OCC)CC1. The first kappa shape index (κ1) is 14.3. The van der Waals surface area contributed by atoms with Crippen molar-refractivity contribution in [1.29, 1.82) is 0 Å². The Bertz CT molecular complexity index is 216. The van der Waals surface area contributed by atoms with Gasteiger partial charge >= 0.3 is 6.09 Å². The third-order valence-corrected chi connectivity index (χ3v) is 2.93. The Morgan fingerprint density at radius 1 is 1.18 bits per heavy atom. The van der Waals surface area contributed by atoms with E-state index in [2.05, 4.69) is 17.1 Å². The summed E-state index contributed by atoms with van der Waals surface area (Å²) in [6, 6.07) is 0. The van der Waals surface area contributed by atoms with Crippen LogP contribution < -0.4 is 5.32 Å². The first-order valence-corrected chi connectivity index (χ1v) is 6.62. The Morgan fingerprint density at radius 3 is 2.47 bits per heavy atom. The quantitative estimate of drug-likeness (QED) is 0.700. The molecule has 0 aromatic rings. The van der Waals surface area contributed by atoms with Crippen LogP contribution in [0.3, 0.4) is 0 Å². The Morgan fingerprint density at radius 2 is 1.88 bits per heavy atom. The molecule has 0 radical (unpaired) electrons. The number of piperazine rings is 1. The molecule has 1 amide bonds. The average Bonchev–Trinajstić information content (AvgIpc) is 2.36. The van der Waals surface area contributed by atoms with Crippen LogP contribution in [0.2, 0.25) is 0 Å². The molecule has 1 aliphatic heterocycles. The van der Waals surface area contributed by atoms with Crippen molar-refractivity contribution in [1.82, 2.24) is 15.1 Å². The van der Waals surface area contributed by atoms with Gasteiger partial charge in [-0.2, -0.15) is 0 Å². The second kappa shape index (κ2) is 8.31. The number of ether oxygens (including phenoxy) is 1. The molecule has 5 nitrogen and oxygen atoms in total. The van der Waals surface area contributed by atoms with Gasteiger partial charge in [-0.05, 0) is 19.9 Å². The largest absolute Gasteiger partial charge is 0.450 e. The van der Waals surface area contributed by atoms with Crippen molar-refractivity contribution in [3.8, 4) is 0 Å². The van der Waals surface area contributed by atoms with Gasteiger partial charge in [0, 0.05) is 39.3 Å². The molecule has 0 unspecified atom stereocenters. The maximum Gasteiger partial charge on any atom is 0.409 e. The van der Waals surface area contributed by atoms with Crippen LogP contribution in [0.4, 0.5) is 4.79 Å². The molecule has 0 spiro atoms. The van der Waals surface area contributed by atoms with Crippen molar-refractivity contribution in [2.45, 2.75) is 20.3 Å². The van der Waals surface area contributed by atoms with E-state index in [0.717, 1.165) is 45.8 Å². The molecule has 1 rings (SSSR count). The number of amides is 1. The fourth-order valence-corrected chi connectivity index (χ4v) is 1.91. The monoisotopic (exact) mass is 243 g/mol. The molecule has 17 heavy (non-hydrogen) atoms. The van der Waals surface area contributed by atoms with E-state index in [9.17, 15) is 4.79 Å². The van der Waals surface area contributed by atoms with Crippen LogP contribution in [0.1, 0.15) is 20.3 Å². The Balaban J connectivity index is 2.11. The van der Waals surface area contributed by atoms with Crippen molar-refractivity contribution in [2.75, 3.05) is 52.4 Å². The lowest BCUT2D eigenvalue weighted by Gasteiger charge is -2.34. The topological polar surface area (TPSA) is 44.8 Å². The van der Waals surface area contributed by atoms with E-state index >= 15 is 0 Å². The number of hydrogen-bond donors (Lipinski definition) is 1. The third-order valence-electron chi connectivity index (χ3n) is 2.93. The van der Waals surface area contributed by atoms with Crippen molar-refractivity contribution in [2.24, 2.45) is 0 Å². The van der Waals surface area contributed by atoms with Crippen molar-refractivity contribution < 1.29 is 9.53 Å². The van der Waals surface area contributed by atoms with Gasteiger partial charge in [0.15, 0.2) is 0 Å². The maximum absolute atomic E-state index is 11.5. The normalized spacial score (nSPS) is 17.2. The highest BCUT2D eigenvalue weighted by Crippen LogP contribution is 2.03. The van der Waals surface area contributed by atoms with Gasteiger partial charge in [-0.1, -0.05) is 6.92 Å². The van der Waals surface area contributed by atoms with Crippen LogP contribution in [0.5, 0.6) is 0 Å². The minimum atomic E-state index is -0.170.